The van der Waals surface area contributed by atoms with Gasteiger partial charge in [-0.15, -0.1) is 0 Å². The van der Waals surface area contributed by atoms with Crippen molar-refractivity contribution in [2.45, 2.75) is 13.8 Å². The summed E-state index contributed by atoms with van der Waals surface area (Å²) in [7, 11) is 0. The van der Waals surface area contributed by atoms with Crippen LogP contribution in [0.15, 0.2) is 23.9 Å². The van der Waals surface area contributed by atoms with Gasteiger partial charge in [0, 0.05) is 11.3 Å². The minimum atomic E-state index is -0.758. The second kappa shape index (κ2) is 5.25. The third-order valence-electron chi connectivity index (χ3n) is 2.21. The molecule has 1 rings (SSSR count). The van der Waals surface area contributed by atoms with E-state index >= 15 is 0 Å². The number of nitrogens with two attached hydrogens (primary N) is 2. The molecule has 5 heteroatoms. The van der Waals surface area contributed by atoms with Crippen molar-refractivity contribution in [3.05, 3.63) is 35.0 Å². The van der Waals surface area contributed by atoms with Gasteiger partial charge in [-0.05, 0) is 26.0 Å². The molecule has 0 amide bonds. The van der Waals surface area contributed by atoms with E-state index in [9.17, 15) is 9.90 Å². The van der Waals surface area contributed by atoms with E-state index in [0.717, 1.165) is 5.56 Å². The van der Waals surface area contributed by atoms with Crippen LogP contribution >= 0.6 is 0 Å². The van der Waals surface area contributed by atoms with E-state index in [1.165, 1.54) is 0 Å². The van der Waals surface area contributed by atoms with Gasteiger partial charge in [0.25, 0.3) is 0 Å². The lowest BCUT2D eigenvalue weighted by Crippen LogP contribution is -2.17. The molecule has 0 aromatic heterocycles. The Bertz CT molecular complexity index is 467. The maximum atomic E-state index is 11.3. The number of anilines is 1. The molecule has 0 saturated heterocycles. The molecule has 0 aliphatic rings. The number of rotatable bonds is 3. The minimum absolute atomic E-state index is 0.191. The molecule has 0 unspecified atom stereocenters. The van der Waals surface area contributed by atoms with Crippen molar-refractivity contribution in [1.82, 2.24) is 0 Å². The maximum absolute atomic E-state index is 11.3. The van der Waals surface area contributed by atoms with Crippen molar-refractivity contribution >= 4 is 17.4 Å². The predicted molar refractivity (Wildman–Crippen MR) is 66.0 cm³/mol. The normalized spacial score (nSPS) is 11.9. The molecule has 0 aliphatic carbocycles. The van der Waals surface area contributed by atoms with Crippen molar-refractivity contribution in [2.75, 3.05) is 12.3 Å². The van der Waals surface area contributed by atoms with Crippen LogP contribution in [-0.2, 0) is 9.53 Å². The number of nitrogen functional groups attached to an aromatic ring is 1. The molecule has 1 aromatic carbocycles. The Balaban J connectivity index is 3.18. The van der Waals surface area contributed by atoms with E-state index < -0.39 is 5.97 Å². The number of ether oxygens (including phenoxy) is 1. The summed E-state index contributed by atoms with van der Waals surface area (Å²) >= 11 is 0. The van der Waals surface area contributed by atoms with Gasteiger partial charge in [-0.1, -0.05) is 11.6 Å². The van der Waals surface area contributed by atoms with Crippen molar-refractivity contribution < 1.29 is 14.6 Å². The van der Waals surface area contributed by atoms with Gasteiger partial charge >= 0.3 is 5.97 Å². The van der Waals surface area contributed by atoms with Crippen molar-refractivity contribution in [3.63, 3.8) is 0 Å². The Hall–Kier alpha value is -2.17. The van der Waals surface area contributed by atoms with E-state index in [1.807, 2.05) is 6.92 Å². The van der Waals surface area contributed by atoms with Crippen LogP contribution in [-0.4, -0.2) is 17.7 Å². The number of esters is 1. The summed E-state index contributed by atoms with van der Waals surface area (Å²) in [6, 6.07) is 5.09. The zero-order chi connectivity index (χ0) is 13.0. The van der Waals surface area contributed by atoms with Gasteiger partial charge in [-0.3, -0.25) is 0 Å². The van der Waals surface area contributed by atoms with Crippen LogP contribution in [0.2, 0.25) is 0 Å². The monoisotopic (exact) mass is 236 g/mol. The lowest BCUT2D eigenvalue weighted by atomic mass is 10.1. The number of benzene rings is 1. The molecular weight excluding hydrogens is 220 g/mol. The van der Waals surface area contributed by atoms with Crippen molar-refractivity contribution in [3.8, 4) is 0 Å². The third-order valence-corrected chi connectivity index (χ3v) is 2.21. The molecule has 0 spiro atoms. The van der Waals surface area contributed by atoms with Gasteiger partial charge in [0.15, 0.2) is 11.5 Å². The fourth-order valence-electron chi connectivity index (χ4n) is 1.33. The standard InChI is InChI=1S/C12H16N2O3/c1-3-17-12(16)10(14)11(15)8-6-7(2)4-5-9(8)13/h4-6,15H,3,13-14H2,1-2H3/b11-10+. The van der Waals surface area contributed by atoms with Crippen LogP contribution in [0.5, 0.6) is 0 Å². The Kier molecular flexibility index (Phi) is 3.98. The molecular formula is C12H16N2O3. The van der Waals surface area contributed by atoms with Gasteiger partial charge in [-0.25, -0.2) is 4.79 Å². The Labute approximate surface area is 99.7 Å². The first-order valence-corrected chi connectivity index (χ1v) is 5.19. The summed E-state index contributed by atoms with van der Waals surface area (Å²) in [4.78, 5) is 11.3. The highest BCUT2D eigenvalue weighted by molar-refractivity contribution is 5.96. The predicted octanol–water partition coefficient (Wildman–Crippen LogP) is 1.33. The van der Waals surface area contributed by atoms with Gasteiger partial charge in [-0.2, -0.15) is 0 Å². The summed E-state index contributed by atoms with van der Waals surface area (Å²) in [5.41, 5.74) is 12.4. The summed E-state index contributed by atoms with van der Waals surface area (Å²) in [6.45, 7) is 3.69. The number of hydrogen-bond acceptors (Lipinski definition) is 5. The van der Waals surface area contributed by atoms with Crippen LogP contribution in [0.4, 0.5) is 5.69 Å². The Morgan fingerprint density at radius 1 is 1.47 bits per heavy atom. The van der Waals surface area contributed by atoms with E-state index in [1.54, 1.807) is 25.1 Å². The third kappa shape index (κ3) is 2.90. The number of aryl methyl sites for hydroxylation is 1. The molecule has 0 saturated carbocycles. The molecule has 0 heterocycles. The molecule has 0 aliphatic heterocycles. The molecule has 1 aromatic rings. The minimum Gasteiger partial charge on any atom is -0.505 e. The van der Waals surface area contributed by atoms with E-state index in [-0.39, 0.29) is 18.1 Å². The maximum Gasteiger partial charge on any atom is 0.358 e. The fourth-order valence-corrected chi connectivity index (χ4v) is 1.33. The highest BCUT2D eigenvalue weighted by Crippen LogP contribution is 2.22. The average Bonchev–Trinajstić information content (AvgIpc) is 2.30. The number of carbonyl (C=O) groups is 1. The summed E-state index contributed by atoms with van der Waals surface area (Å²) in [6.07, 6.45) is 0. The Morgan fingerprint density at radius 2 is 2.12 bits per heavy atom. The molecule has 0 bridgehead atoms. The van der Waals surface area contributed by atoms with Gasteiger partial charge in [0.05, 0.1) is 6.61 Å². The first-order valence-electron chi connectivity index (χ1n) is 5.19. The molecule has 0 fully saturated rings. The molecule has 0 atom stereocenters. The summed E-state index contributed by atoms with van der Waals surface area (Å²) in [5, 5.41) is 9.87. The smallest absolute Gasteiger partial charge is 0.358 e. The van der Waals surface area contributed by atoms with Gasteiger partial charge in [0.2, 0.25) is 0 Å². The molecule has 92 valence electrons. The second-order valence-corrected chi connectivity index (χ2v) is 3.57. The lowest BCUT2D eigenvalue weighted by Gasteiger charge is -2.09. The summed E-state index contributed by atoms with van der Waals surface area (Å²) in [5.74, 6) is -1.12. The highest BCUT2D eigenvalue weighted by atomic mass is 16.5. The van der Waals surface area contributed by atoms with E-state index in [2.05, 4.69) is 0 Å². The first kappa shape index (κ1) is 12.9. The number of hydrogen-bond donors (Lipinski definition) is 3. The largest absolute Gasteiger partial charge is 0.505 e. The van der Waals surface area contributed by atoms with Gasteiger partial charge in [0.1, 0.15) is 0 Å². The topological polar surface area (TPSA) is 98.6 Å². The van der Waals surface area contributed by atoms with Gasteiger partial charge < -0.3 is 21.3 Å². The number of carbonyl (C=O) groups excluding carboxylic acids is 1. The van der Waals surface area contributed by atoms with Crippen LogP contribution in [0.3, 0.4) is 0 Å². The molecule has 5 N–H and O–H groups in total. The fraction of sp³-hybridized carbons (Fsp3) is 0.250. The van der Waals surface area contributed by atoms with Crippen molar-refractivity contribution in [1.29, 1.82) is 0 Å². The van der Waals surface area contributed by atoms with Crippen molar-refractivity contribution in [2.24, 2.45) is 5.73 Å². The molecule has 17 heavy (non-hydrogen) atoms. The lowest BCUT2D eigenvalue weighted by molar-refractivity contribution is -0.138. The zero-order valence-corrected chi connectivity index (χ0v) is 9.86. The van der Waals surface area contributed by atoms with Crippen LogP contribution in [0, 0.1) is 6.92 Å². The SMILES string of the molecule is CCOC(=O)/C(N)=C(\O)c1cc(C)ccc1N. The van der Waals surface area contributed by atoms with Crippen LogP contribution in [0.1, 0.15) is 18.1 Å². The first-order chi connectivity index (χ1) is 7.97. The zero-order valence-electron chi connectivity index (χ0n) is 9.86. The average molecular weight is 236 g/mol. The quantitative estimate of drug-likeness (QED) is 0.318. The Morgan fingerprint density at radius 3 is 2.71 bits per heavy atom. The van der Waals surface area contributed by atoms with Crippen LogP contribution in [0.25, 0.3) is 5.76 Å². The second-order valence-electron chi connectivity index (χ2n) is 3.57. The number of aliphatic hydroxyl groups is 1. The molecule has 0 radical (unpaired) electrons. The molecule has 5 nitrogen and oxygen atoms in total. The summed E-state index contributed by atoms with van der Waals surface area (Å²) < 4.78 is 4.69. The van der Waals surface area contributed by atoms with E-state index in [0.29, 0.717) is 11.3 Å². The number of aliphatic hydroxyl groups excluding tert-OH is 1. The van der Waals surface area contributed by atoms with E-state index in [4.69, 9.17) is 16.2 Å². The van der Waals surface area contributed by atoms with Crippen LogP contribution < -0.4 is 11.5 Å². The highest BCUT2D eigenvalue weighted by Gasteiger charge is 2.15.